The zero-order chi connectivity index (χ0) is 14.2. The number of hydrogen-bond acceptors (Lipinski definition) is 3. The predicted octanol–water partition coefficient (Wildman–Crippen LogP) is 2.34. The molecule has 0 saturated carbocycles. The molecule has 2 aromatic heterocycles. The molecule has 6 heteroatoms. The van der Waals surface area contributed by atoms with Crippen LogP contribution in [0.2, 0.25) is 0 Å². The Hall–Kier alpha value is -3.02. The third-order valence-electron chi connectivity index (χ3n) is 3.52. The van der Waals surface area contributed by atoms with Gasteiger partial charge in [0, 0.05) is 17.6 Å². The number of nitrogens with zero attached hydrogens (tertiary/aromatic N) is 1. The van der Waals surface area contributed by atoms with Gasteiger partial charge in [-0.05, 0) is 29.8 Å². The van der Waals surface area contributed by atoms with Crippen LogP contribution in [0.4, 0.5) is 5.69 Å². The van der Waals surface area contributed by atoms with Crippen molar-refractivity contribution in [1.29, 1.82) is 0 Å². The molecule has 0 amide bonds. The third-order valence-corrected chi connectivity index (χ3v) is 3.52. The van der Waals surface area contributed by atoms with E-state index in [1.807, 2.05) is 30.5 Å². The average Bonchev–Trinajstić information content (AvgIpc) is 3.08. The minimum atomic E-state index is -0.188. The van der Waals surface area contributed by atoms with Gasteiger partial charge in [0.05, 0.1) is 22.7 Å². The lowest BCUT2D eigenvalue weighted by Crippen LogP contribution is -1.99. The topological polar surface area (TPSA) is 89.4 Å². The lowest BCUT2D eigenvalue weighted by Gasteiger charge is -2.06. The fourth-order valence-electron chi connectivity index (χ4n) is 2.44. The van der Waals surface area contributed by atoms with Crippen molar-refractivity contribution in [3.05, 3.63) is 58.6 Å². The summed E-state index contributed by atoms with van der Waals surface area (Å²) in [6.45, 7) is 0.703. The van der Waals surface area contributed by atoms with E-state index in [1.54, 1.807) is 0 Å². The summed E-state index contributed by atoms with van der Waals surface area (Å²) < 4.78 is 0. The number of hydrogen-bond donors (Lipinski definition) is 4. The first-order chi connectivity index (χ1) is 10.3. The molecule has 6 nitrogen and oxygen atoms in total. The number of fused-ring (bicyclic) bond motifs is 2. The van der Waals surface area contributed by atoms with E-state index in [-0.39, 0.29) is 5.69 Å². The fraction of sp³-hybridized carbons (Fsp3) is 0.0667. The van der Waals surface area contributed by atoms with Crippen LogP contribution in [0, 0.1) is 0 Å². The monoisotopic (exact) mass is 279 g/mol. The molecule has 0 radical (unpaired) electrons. The van der Waals surface area contributed by atoms with E-state index in [9.17, 15) is 4.79 Å². The highest BCUT2D eigenvalue weighted by Gasteiger charge is 2.01. The smallest absolute Gasteiger partial charge is 0.323 e. The number of rotatable bonds is 3. The number of H-pyrrole nitrogens is 3. The van der Waals surface area contributed by atoms with Gasteiger partial charge in [-0.15, -0.1) is 0 Å². The van der Waals surface area contributed by atoms with Gasteiger partial charge in [0.1, 0.15) is 0 Å². The second kappa shape index (κ2) is 4.52. The zero-order valence-electron chi connectivity index (χ0n) is 11.1. The summed E-state index contributed by atoms with van der Waals surface area (Å²) in [6, 6.07) is 11.9. The van der Waals surface area contributed by atoms with Crippen LogP contribution in [0.1, 0.15) is 5.56 Å². The Morgan fingerprint density at radius 2 is 1.90 bits per heavy atom. The predicted molar refractivity (Wildman–Crippen MR) is 82.3 cm³/mol. The minimum absolute atomic E-state index is 0.188. The quantitative estimate of drug-likeness (QED) is 0.464. The van der Waals surface area contributed by atoms with E-state index in [1.165, 1.54) is 0 Å². The van der Waals surface area contributed by atoms with Crippen LogP contribution in [-0.2, 0) is 6.54 Å². The van der Waals surface area contributed by atoms with Crippen LogP contribution < -0.4 is 11.0 Å². The van der Waals surface area contributed by atoms with E-state index in [0.29, 0.717) is 6.54 Å². The number of imidazole rings is 1. The Balaban J connectivity index is 1.57. The first-order valence-electron chi connectivity index (χ1n) is 6.66. The molecule has 0 aliphatic carbocycles. The van der Waals surface area contributed by atoms with Crippen molar-refractivity contribution < 1.29 is 0 Å². The summed E-state index contributed by atoms with van der Waals surface area (Å²) in [6.07, 6.45) is 1.81. The van der Waals surface area contributed by atoms with Crippen LogP contribution in [0.5, 0.6) is 0 Å². The molecule has 0 unspecified atom stereocenters. The zero-order valence-corrected chi connectivity index (χ0v) is 11.1. The van der Waals surface area contributed by atoms with Gasteiger partial charge in [0.15, 0.2) is 0 Å². The van der Waals surface area contributed by atoms with E-state index in [0.717, 1.165) is 33.2 Å². The van der Waals surface area contributed by atoms with E-state index in [4.69, 9.17) is 0 Å². The van der Waals surface area contributed by atoms with Crippen LogP contribution in [0.15, 0.2) is 47.4 Å². The van der Waals surface area contributed by atoms with Gasteiger partial charge in [-0.25, -0.2) is 4.79 Å². The molecule has 0 atom stereocenters. The highest BCUT2D eigenvalue weighted by Crippen LogP contribution is 2.17. The molecular formula is C15H13N5O. The highest BCUT2D eigenvalue weighted by atomic mass is 16.1. The number of anilines is 1. The van der Waals surface area contributed by atoms with E-state index in [2.05, 4.69) is 37.6 Å². The van der Waals surface area contributed by atoms with Gasteiger partial charge >= 0.3 is 5.69 Å². The van der Waals surface area contributed by atoms with E-state index < -0.39 is 0 Å². The second-order valence-electron chi connectivity index (χ2n) is 4.98. The first kappa shape index (κ1) is 11.8. The van der Waals surface area contributed by atoms with Crippen molar-refractivity contribution in [1.82, 2.24) is 20.2 Å². The molecule has 0 fully saturated rings. The Morgan fingerprint density at radius 1 is 1.00 bits per heavy atom. The fourth-order valence-corrected chi connectivity index (χ4v) is 2.44. The van der Waals surface area contributed by atoms with Crippen molar-refractivity contribution in [2.45, 2.75) is 6.54 Å². The molecule has 4 aromatic rings. The van der Waals surface area contributed by atoms with Gasteiger partial charge in [-0.1, -0.05) is 12.1 Å². The largest absolute Gasteiger partial charge is 0.381 e. The van der Waals surface area contributed by atoms with Crippen molar-refractivity contribution in [2.75, 3.05) is 5.32 Å². The summed E-state index contributed by atoms with van der Waals surface area (Å²) in [4.78, 5) is 16.7. The number of benzene rings is 2. The first-order valence-corrected chi connectivity index (χ1v) is 6.66. The maximum Gasteiger partial charge on any atom is 0.323 e. The molecule has 0 bridgehead atoms. The maximum absolute atomic E-state index is 11.2. The van der Waals surface area contributed by atoms with Gasteiger partial charge in [-0.2, -0.15) is 5.10 Å². The molecule has 2 aromatic carbocycles. The Bertz CT molecular complexity index is 978. The SMILES string of the molecule is O=c1[nH]c2ccc(NCc3ccc4cn[nH]c4c3)cc2[nH]1. The Kier molecular flexibility index (Phi) is 2.53. The molecule has 2 heterocycles. The van der Waals surface area contributed by atoms with Crippen molar-refractivity contribution >= 4 is 27.6 Å². The molecule has 0 spiro atoms. The second-order valence-corrected chi connectivity index (χ2v) is 4.98. The van der Waals surface area contributed by atoms with Gasteiger partial charge in [0.25, 0.3) is 0 Å². The van der Waals surface area contributed by atoms with Crippen LogP contribution >= 0.6 is 0 Å². The van der Waals surface area contributed by atoms with Gasteiger partial charge in [-0.3, -0.25) is 5.10 Å². The van der Waals surface area contributed by atoms with Crippen molar-refractivity contribution in [3.63, 3.8) is 0 Å². The Labute approximate surface area is 119 Å². The molecule has 104 valence electrons. The summed E-state index contributed by atoms with van der Waals surface area (Å²) in [5.74, 6) is 0. The lowest BCUT2D eigenvalue weighted by molar-refractivity contribution is 1.11. The summed E-state index contributed by atoms with van der Waals surface area (Å²) in [7, 11) is 0. The number of aromatic amines is 3. The average molecular weight is 279 g/mol. The molecule has 0 aliphatic rings. The molecule has 21 heavy (non-hydrogen) atoms. The molecule has 0 aliphatic heterocycles. The van der Waals surface area contributed by atoms with Crippen LogP contribution in [0.3, 0.4) is 0 Å². The van der Waals surface area contributed by atoms with Gasteiger partial charge < -0.3 is 15.3 Å². The highest BCUT2D eigenvalue weighted by molar-refractivity contribution is 5.79. The van der Waals surface area contributed by atoms with Crippen molar-refractivity contribution in [3.8, 4) is 0 Å². The number of nitrogens with one attached hydrogen (secondary N) is 4. The summed E-state index contributed by atoms with van der Waals surface area (Å²) >= 11 is 0. The standard InChI is InChI=1S/C15H13N5O/c21-15-18-12-4-3-11(6-14(12)19-15)16-7-9-1-2-10-8-17-20-13(10)5-9/h1-6,8,16H,7H2,(H,17,20)(H2,18,19,21). The minimum Gasteiger partial charge on any atom is -0.381 e. The van der Waals surface area contributed by atoms with Gasteiger partial charge in [0.2, 0.25) is 0 Å². The number of aromatic nitrogens is 4. The molecular weight excluding hydrogens is 266 g/mol. The molecule has 4 rings (SSSR count). The normalized spacial score (nSPS) is 11.2. The Morgan fingerprint density at radius 3 is 2.86 bits per heavy atom. The van der Waals surface area contributed by atoms with Crippen LogP contribution in [0.25, 0.3) is 21.9 Å². The van der Waals surface area contributed by atoms with Crippen LogP contribution in [-0.4, -0.2) is 20.2 Å². The summed E-state index contributed by atoms with van der Waals surface area (Å²) in [5.41, 5.74) is 4.57. The maximum atomic E-state index is 11.2. The lowest BCUT2D eigenvalue weighted by atomic mass is 10.1. The van der Waals surface area contributed by atoms with E-state index >= 15 is 0 Å². The third kappa shape index (κ3) is 2.16. The summed E-state index contributed by atoms with van der Waals surface area (Å²) in [5, 5.41) is 11.4. The molecule has 0 saturated heterocycles. The van der Waals surface area contributed by atoms with Crippen molar-refractivity contribution in [2.24, 2.45) is 0 Å². The molecule has 4 N–H and O–H groups in total.